The summed E-state index contributed by atoms with van der Waals surface area (Å²) in [4.78, 5) is 22.3. The van der Waals surface area contributed by atoms with Crippen LogP contribution in [0.15, 0.2) is 41.8 Å². The number of hydrogen-bond donors (Lipinski definition) is 0. The lowest BCUT2D eigenvalue weighted by molar-refractivity contribution is -0.384. The van der Waals surface area contributed by atoms with Gasteiger partial charge in [0, 0.05) is 18.6 Å². The van der Waals surface area contributed by atoms with Crippen LogP contribution < -0.4 is 0 Å². The van der Waals surface area contributed by atoms with Gasteiger partial charge in [0.15, 0.2) is 0 Å². The van der Waals surface area contributed by atoms with E-state index in [1.165, 1.54) is 6.08 Å². The zero-order chi connectivity index (χ0) is 19.0. The third-order valence-electron chi connectivity index (χ3n) is 4.51. The molecule has 0 spiro atoms. The molecule has 25 heavy (non-hydrogen) atoms. The van der Waals surface area contributed by atoms with E-state index in [9.17, 15) is 23.3 Å². The molecule has 2 atom stereocenters. The van der Waals surface area contributed by atoms with E-state index in [1.54, 1.807) is 6.92 Å². The number of cyclic esters (lactones) is 1. The van der Waals surface area contributed by atoms with E-state index in [4.69, 9.17) is 4.74 Å². The summed E-state index contributed by atoms with van der Waals surface area (Å²) in [6.45, 7) is 9.15. The first-order chi connectivity index (χ1) is 11.5. The first-order valence-corrected chi connectivity index (χ1v) is 9.11. The van der Waals surface area contributed by atoms with Crippen molar-refractivity contribution in [3.63, 3.8) is 0 Å². The van der Waals surface area contributed by atoms with Crippen molar-refractivity contribution in [3.05, 3.63) is 47.0 Å². The van der Waals surface area contributed by atoms with Crippen LogP contribution in [-0.2, 0) is 14.8 Å². The number of rotatable bonds is 5. The molecule has 0 aliphatic carbocycles. The number of nitro benzene ring substituents is 1. The second kappa shape index (κ2) is 6.47. The van der Waals surface area contributed by atoms with Gasteiger partial charge < -0.3 is 4.74 Å². The van der Waals surface area contributed by atoms with Crippen molar-refractivity contribution >= 4 is 21.8 Å². The Morgan fingerprint density at radius 1 is 1.40 bits per heavy atom. The second-order valence-corrected chi connectivity index (χ2v) is 8.21. The van der Waals surface area contributed by atoms with Crippen LogP contribution in [-0.4, -0.2) is 35.4 Å². The number of hydrogen-bond acceptors (Lipinski definition) is 6. The Labute approximate surface area is 146 Å². The molecule has 0 bridgehead atoms. The molecule has 0 unspecified atom stereocenters. The molecule has 1 aromatic carbocycles. The smallest absolute Gasteiger partial charge is 0.424 e. The molecule has 1 aromatic rings. The summed E-state index contributed by atoms with van der Waals surface area (Å²) in [6.07, 6.45) is 0.682. The molecule has 0 aromatic heterocycles. The summed E-state index contributed by atoms with van der Waals surface area (Å²) in [6, 6.07) is 3.56. The Morgan fingerprint density at radius 3 is 2.40 bits per heavy atom. The van der Waals surface area contributed by atoms with Crippen LogP contribution in [0.3, 0.4) is 0 Å². The molecule has 0 N–H and O–H groups in total. The van der Waals surface area contributed by atoms with Crippen molar-refractivity contribution in [2.75, 3.05) is 0 Å². The van der Waals surface area contributed by atoms with Crippen LogP contribution in [0, 0.1) is 16.0 Å². The van der Waals surface area contributed by atoms with E-state index in [0.29, 0.717) is 4.31 Å². The monoisotopic (exact) mass is 368 g/mol. The number of sulfonamides is 1. The minimum atomic E-state index is -4.23. The first kappa shape index (κ1) is 18.9. The molecule has 1 amide bonds. The molecule has 9 heteroatoms. The quantitative estimate of drug-likeness (QED) is 0.449. The number of ether oxygens (including phenoxy) is 1. The Kier molecular flexibility index (Phi) is 4.90. The molecule has 1 aliphatic heterocycles. The second-order valence-electron chi connectivity index (χ2n) is 6.39. The lowest BCUT2D eigenvalue weighted by Gasteiger charge is -2.44. The zero-order valence-corrected chi connectivity index (χ0v) is 15.0. The average Bonchev–Trinajstić information content (AvgIpc) is 2.53. The van der Waals surface area contributed by atoms with E-state index >= 15 is 0 Å². The third kappa shape index (κ3) is 3.37. The maximum absolute atomic E-state index is 12.8. The topological polar surface area (TPSA) is 107 Å². The molecule has 1 aliphatic rings. The van der Waals surface area contributed by atoms with Gasteiger partial charge in [-0.15, -0.1) is 6.58 Å². The summed E-state index contributed by atoms with van der Waals surface area (Å²) in [5.41, 5.74) is -1.05. The highest BCUT2D eigenvalue weighted by Crippen LogP contribution is 2.37. The molecular formula is C16H20N2O6S. The summed E-state index contributed by atoms with van der Waals surface area (Å²) >= 11 is 0. The van der Waals surface area contributed by atoms with E-state index in [0.717, 1.165) is 24.3 Å². The van der Waals surface area contributed by atoms with Gasteiger partial charge in [-0.2, -0.15) is 4.31 Å². The van der Waals surface area contributed by atoms with Crippen molar-refractivity contribution in [1.82, 2.24) is 4.31 Å². The minimum absolute atomic E-state index is 0.0110. The van der Waals surface area contributed by atoms with Gasteiger partial charge in [-0.1, -0.05) is 19.9 Å². The molecule has 2 rings (SSSR count). The number of nitro groups is 1. The maximum Gasteiger partial charge on any atom is 0.424 e. The van der Waals surface area contributed by atoms with Gasteiger partial charge in [-0.25, -0.2) is 13.2 Å². The Hall–Kier alpha value is -2.42. The zero-order valence-electron chi connectivity index (χ0n) is 14.2. The van der Waals surface area contributed by atoms with Crippen LogP contribution >= 0.6 is 0 Å². The standard InChI is InChI=1S/C16H20N2O6S/c1-5-12-10-16(4,11(2)3)24-15(19)17(12)25(22,23)14-8-6-13(7-9-14)18(20)21/h5-9,11-12H,1,10H2,2-4H3/t12-,16-/m0/s1. The van der Waals surface area contributed by atoms with Crippen LogP contribution in [0.25, 0.3) is 0 Å². The van der Waals surface area contributed by atoms with Gasteiger partial charge in [0.25, 0.3) is 15.7 Å². The van der Waals surface area contributed by atoms with Crippen molar-refractivity contribution in [2.45, 2.75) is 43.7 Å². The highest BCUT2D eigenvalue weighted by molar-refractivity contribution is 7.89. The summed E-state index contributed by atoms with van der Waals surface area (Å²) in [5, 5.41) is 10.7. The highest BCUT2D eigenvalue weighted by Gasteiger charge is 2.48. The number of non-ortho nitro benzene ring substituents is 1. The number of carbonyl (C=O) groups excluding carboxylic acids is 1. The number of amides is 1. The largest absolute Gasteiger partial charge is 0.442 e. The normalized spacial score (nSPS) is 24.1. The first-order valence-electron chi connectivity index (χ1n) is 7.67. The molecule has 1 saturated heterocycles. The Morgan fingerprint density at radius 2 is 1.96 bits per heavy atom. The van der Waals surface area contributed by atoms with Gasteiger partial charge in [0.05, 0.1) is 15.9 Å². The van der Waals surface area contributed by atoms with Crippen molar-refractivity contribution < 1.29 is 22.9 Å². The van der Waals surface area contributed by atoms with Crippen molar-refractivity contribution in [3.8, 4) is 0 Å². The number of benzene rings is 1. The van der Waals surface area contributed by atoms with Crippen LogP contribution in [0.5, 0.6) is 0 Å². The van der Waals surface area contributed by atoms with E-state index in [1.807, 2.05) is 13.8 Å². The van der Waals surface area contributed by atoms with Crippen LogP contribution in [0.1, 0.15) is 27.2 Å². The fraction of sp³-hybridized carbons (Fsp3) is 0.438. The predicted molar refractivity (Wildman–Crippen MR) is 90.4 cm³/mol. The Bertz CT molecular complexity index is 802. The van der Waals surface area contributed by atoms with Gasteiger partial charge in [-0.05, 0) is 25.0 Å². The average molecular weight is 368 g/mol. The van der Waals surface area contributed by atoms with Crippen molar-refractivity contribution in [2.24, 2.45) is 5.92 Å². The fourth-order valence-electron chi connectivity index (χ4n) is 2.58. The molecule has 1 fully saturated rings. The summed E-state index contributed by atoms with van der Waals surface area (Å²) < 4.78 is 31.7. The van der Waals surface area contributed by atoms with Crippen LogP contribution in [0.2, 0.25) is 0 Å². The lowest BCUT2D eigenvalue weighted by Crippen LogP contribution is -2.56. The molecule has 136 valence electrons. The lowest BCUT2D eigenvalue weighted by atomic mass is 9.85. The molecular weight excluding hydrogens is 348 g/mol. The van der Waals surface area contributed by atoms with Gasteiger partial charge in [0.1, 0.15) is 5.60 Å². The molecule has 8 nitrogen and oxygen atoms in total. The number of nitrogens with zero attached hydrogens (tertiary/aromatic N) is 2. The van der Waals surface area contributed by atoms with Crippen molar-refractivity contribution in [1.29, 1.82) is 0 Å². The van der Waals surface area contributed by atoms with Gasteiger partial charge >= 0.3 is 6.09 Å². The van der Waals surface area contributed by atoms with E-state index < -0.39 is 32.7 Å². The highest BCUT2D eigenvalue weighted by atomic mass is 32.2. The fourth-order valence-corrected chi connectivity index (χ4v) is 4.04. The summed E-state index contributed by atoms with van der Waals surface area (Å²) in [7, 11) is -4.23. The third-order valence-corrected chi connectivity index (χ3v) is 6.32. The van der Waals surface area contributed by atoms with Gasteiger partial charge in [-0.3, -0.25) is 10.1 Å². The van der Waals surface area contributed by atoms with E-state index in [2.05, 4.69) is 6.58 Å². The molecule has 0 radical (unpaired) electrons. The minimum Gasteiger partial charge on any atom is -0.442 e. The number of carbonyl (C=O) groups is 1. The molecule has 1 heterocycles. The Balaban J connectivity index is 2.42. The van der Waals surface area contributed by atoms with Crippen LogP contribution in [0.4, 0.5) is 10.5 Å². The maximum atomic E-state index is 12.8. The SMILES string of the molecule is C=C[C@H]1C[C@@](C)(C(C)C)OC(=O)N1S(=O)(=O)c1ccc([N+](=O)[O-])cc1. The van der Waals surface area contributed by atoms with Gasteiger partial charge in [0.2, 0.25) is 0 Å². The van der Waals surface area contributed by atoms with E-state index in [-0.39, 0.29) is 22.9 Å². The molecule has 0 saturated carbocycles. The predicted octanol–water partition coefficient (Wildman–Crippen LogP) is 3.10. The summed E-state index contributed by atoms with van der Waals surface area (Å²) in [5.74, 6) is -0.0110.